The van der Waals surface area contributed by atoms with Crippen LogP contribution in [0.1, 0.15) is 11.4 Å². The predicted molar refractivity (Wildman–Crippen MR) is 118 cm³/mol. The Morgan fingerprint density at radius 1 is 0.806 bits per heavy atom. The van der Waals surface area contributed by atoms with Crippen LogP contribution in [-0.2, 0) is 13.1 Å². The lowest BCUT2D eigenvalue weighted by atomic mass is 10.0. The number of fused-ring (bicyclic) bond motifs is 1. The summed E-state index contributed by atoms with van der Waals surface area (Å²) in [6, 6.07) is 20.9. The molecule has 4 nitrogen and oxygen atoms in total. The molecular formula is C25H20F2N4. The van der Waals surface area contributed by atoms with Crippen molar-refractivity contribution in [2.75, 3.05) is 0 Å². The van der Waals surface area contributed by atoms with E-state index in [2.05, 4.69) is 38.5 Å². The van der Waals surface area contributed by atoms with Crippen molar-refractivity contribution in [3.8, 4) is 22.5 Å². The number of hydrogen-bond acceptors (Lipinski definition) is 2. The van der Waals surface area contributed by atoms with Crippen LogP contribution in [0, 0.1) is 11.6 Å². The van der Waals surface area contributed by atoms with Gasteiger partial charge in [-0.15, -0.1) is 0 Å². The molecule has 0 saturated carbocycles. The lowest BCUT2D eigenvalue weighted by molar-refractivity contribution is 0.627. The lowest BCUT2D eigenvalue weighted by Gasteiger charge is -2.04. The SMILES string of the molecule is Fc1cccc(-c2nc(CNCc3ccc4[nH]ccc4c3)[nH]c2-c2cccc(F)c2)c1. The maximum absolute atomic E-state index is 13.8. The van der Waals surface area contributed by atoms with Crippen molar-refractivity contribution in [3.63, 3.8) is 0 Å². The zero-order valence-corrected chi connectivity index (χ0v) is 16.6. The van der Waals surface area contributed by atoms with Gasteiger partial charge < -0.3 is 15.3 Å². The lowest BCUT2D eigenvalue weighted by Crippen LogP contribution is -2.13. The first-order valence-electron chi connectivity index (χ1n) is 10.0. The third-order valence-electron chi connectivity index (χ3n) is 5.20. The van der Waals surface area contributed by atoms with Crippen LogP contribution >= 0.6 is 0 Å². The summed E-state index contributed by atoms with van der Waals surface area (Å²) in [7, 11) is 0. The van der Waals surface area contributed by atoms with E-state index >= 15 is 0 Å². The molecule has 5 aromatic rings. The number of halogens is 2. The highest BCUT2D eigenvalue weighted by Crippen LogP contribution is 2.31. The average molecular weight is 414 g/mol. The zero-order chi connectivity index (χ0) is 21.2. The largest absolute Gasteiger partial charge is 0.361 e. The van der Waals surface area contributed by atoms with Gasteiger partial charge in [0.25, 0.3) is 0 Å². The molecule has 6 heteroatoms. The second kappa shape index (κ2) is 8.16. The molecule has 0 aliphatic heterocycles. The molecule has 0 unspecified atom stereocenters. The molecule has 0 atom stereocenters. The molecule has 2 aromatic heterocycles. The molecule has 0 aliphatic carbocycles. The quantitative estimate of drug-likeness (QED) is 0.329. The molecule has 0 bridgehead atoms. The van der Waals surface area contributed by atoms with Crippen molar-refractivity contribution >= 4 is 10.9 Å². The Labute approximate surface area is 178 Å². The first-order valence-corrected chi connectivity index (χ1v) is 10.0. The summed E-state index contributed by atoms with van der Waals surface area (Å²) < 4.78 is 27.7. The van der Waals surface area contributed by atoms with E-state index in [4.69, 9.17) is 0 Å². The van der Waals surface area contributed by atoms with E-state index < -0.39 is 0 Å². The Balaban J connectivity index is 1.41. The molecule has 0 radical (unpaired) electrons. The predicted octanol–water partition coefficient (Wildman–Crippen LogP) is 5.79. The number of H-pyrrole nitrogens is 2. The first-order chi connectivity index (χ1) is 15.2. The molecule has 154 valence electrons. The number of rotatable bonds is 6. The maximum atomic E-state index is 13.8. The number of imidazole rings is 1. The maximum Gasteiger partial charge on any atom is 0.123 e. The summed E-state index contributed by atoms with van der Waals surface area (Å²) >= 11 is 0. The van der Waals surface area contributed by atoms with Gasteiger partial charge in [-0.25, -0.2) is 13.8 Å². The van der Waals surface area contributed by atoms with E-state index in [9.17, 15) is 8.78 Å². The van der Waals surface area contributed by atoms with Gasteiger partial charge in [0.2, 0.25) is 0 Å². The molecule has 0 saturated heterocycles. The van der Waals surface area contributed by atoms with Crippen LogP contribution in [0.3, 0.4) is 0 Å². The molecule has 2 heterocycles. The molecule has 31 heavy (non-hydrogen) atoms. The molecule has 0 fully saturated rings. The van der Waals surface area contributed by atoms with E-state index in [0.29, 0.717) is 41.4 Å². The van der Waals surface area contributed by atoms with Gasteiger partial charge in [0.1, 0.15) is 17.5 Å². The Morgan fingerprint density at radius 2 is 1.58 bits per heavy atom. The van der Waals surface area contributed by atoms with Gasteiger partial charge in [0.15, 0.2) is 0 Å². The van der Waals surface area contributed by atoms with Crippen molar-refractivity contribution in [1.29, 1.82) is 0 Å². The fourth-order valence-electron chi connectivity index (χ4n) is 3.74. The summed E-state index contributed by atoms with van der Waals surface area (Å²) in [5.74, 6) is 0.0175. The van der Waals surface area contributed by atoms with Crippen molar-refractivity contribution in [2.45, 2.75) is 13.1 Å². The normalized spacial score (nSPS) is 11.3. The van der Waals surface area contributed by atoms with E-state index in [1.807, 2.05) is 18.3 Å². The Bertz CT molecular complexity index is 1290. The van der Waals surface area contributed by atoms with Crippen molar-refractivity contribution in [2.24, 2.45) is 0 Å². The number of nitrogens with zero attached hydrogens (tertiary/aromatic N) is 1. The Hall–Kier alpha value is -3.77. The second-order valence-electron chi connectivity index (χ2n) is 7.43. The van der Waals surface area contributed by atoms with Gasteiger partial charge in [0.05, 0.1) is 17.9 Å². The Kier molecular flexibility index (Phi) is 5.06. The van der Waals surface area contributed by atoms with Crippen LogP contribution in [0.25, 0.3) is 33.4 Å². The third-order valence-corrected chi connectivity index (χ3v) is 5.20. The van der Waals surface area contributed by atoms with E-state index in [1.165, 1.54) is 29.7 Å². The third kappa shape index (κ3) is 4.11. The molecule has 3 aromatic carbocycles. The highest BCUT2D eigenvalue weighted by molar-refractivity contribution is 5.80. The minimum Gasteiger partial charge on any atom is -0.361 e. The molecule has 3 N–H and O–H groups in total. The van der Waals surface area contributed by atoms with Crippen molar-refractivity contribution < 1.29 is 8.78 Å². The van der Waals surface area contributed by atoms with Gasteiger partial charge in [-0.2, -0.15) is 0 Å². The van der Waals surface area contributed by atoms with Gasteiger partial charge in [-0.05, 0) is 53.4 Å². The van der Waals surface area contributed by atoms with Gasteiger partial charge in [-0.3, -0.25) is 0 Å². The number of benzene rings is 3. The molecule has 0 spiro atoms. The summed E-state index contributed by atoms with van der Waals surface area (Å²) in [4.78, 5) is 11.2. The standard InChI is InChI=1S/C25H20F2N4/c26-20-5-1-3-18(12-20)24-25(19-4-2-6-21(27)13-19)31-23(30-24)15-28-14-16-7-8-22-17(11-16)9-10-29-22/h1-13,28-29H,14-15H2,(H,30,31). The van der Waals surface area contributed by atoms with Crippen LogP contribution in [0.2, 0.25) is 0 Å². The first kappa shape index (κ1) is 19.2. The highest BCUT2D eigenvalue weighted by atomic mass is 19.1. The minimum absolute atomic E-state index is 0.336. The monoisotopic (exact) mass is 414 g/mol. The summed E-state index contributed by atoms with van der Waals surface area (Å²) in [5, 5.41) is 4.55. The van der Waals surface area contributed by atoms with Crippen molar-refractivity contribution in [1.82, 2.24) is 20.3 Å². The van der Waals surface area contributed by atoms with Gasteiger partial charge >= 0.3 is 0 Å². The number of hydrogen-bond donors (Lipinski definition) is 3. The van der Waals surface area contributed by atoms with Crippen LogP contribution in [0.4, 0.5) is 8.78 Å². The van der Waals surface area contributed by atoms with E-state index in [0.717, 1.165) is 11.1 Å². The Morgan fingerprint density at radius 3 is 2.39 bits per heavy atom. The van der Waals surface area contributed by atoms with Gasteiger partial charge in [0, 0.05) is 29.4 Å². The molecule has 0 aliphatic rings. The minimum atomic E-state index is -0.342. The van der Waals surface area contributed by atoms with Crippen molar-refractivity contribution in [3.05, 3.63) is 102 Å². The van der Waals surface area contributed by atoms with Gasteiger partial charge in [-0.1, -0.05) is 30.3 Å². The topological polar surface area (TPSA) is 56.5 Å². The molecule has 5 rings (SSSR count). The summed E-state index contributed by atoms with van der Waals surface area (Å²) in [6.07, 6.45) is 1.92. The fourth-order valence-corrected chi connectivity index (χ4v) is 3.74. The number of nitrogens with one attached hydrogen (secondary N) is 3. The van der Waals surface area contributed by atoms with Crippen LogP contribution in [0.5, 0.6) is 0 Å². The average Bonchev–Trinajstić information content (AvgIpc) is 3.40. The number of aromatic amines is 2. The van der Waals surface area contributed by atoms with Crippen LogP contribution in [-0.4, -0.2) is 15.0 Å². The highest BCUT2D eigenvalue weighted by Gasteiger charge is 2.15. The molecule has 0 amide bonds. The van der Waals surface area contributed by atoms with E-state index in [-0.39, 0.29) is 11.6 Å². The zero-order valence-electron chi connectivity index (χ0n) is 16.6. The van der Waals surface area contributed by atoms with E-state index in [1.54, 1.807) is 18.2 Å². The second-order valence-corrected chi connectivity index (χ2v) is 7.43. The number of aromatic nitrogens is 3. The summed E-state index contributed by atoms with van der Waals surface area (Å²) in [6.45, 7) is 1.16. The fraction of sp³-hybridized carbons (Fsp3) is 0.0800. The smallest absolute Gasteiger partial charge is 0.123 e. The summed E-state index contributed by atoms with van der Waals surface area (Å²) in [5.41, 5.74) is 4.82. The van der Waals surface area contributed by atoms with Crippen LogP contribution < -0.4 is 5.32 Å². The van der Waals surface area contributed by atoms with Crippen LogP contribution in [0.15, 0.2) is 79.0 Å². The molecular weight excluding hydrogens is 394 g/mol.